The molecule has 6 heteroatoms. The highest BCUT2D eigenvalue weighted by atomic mass is 79.9. The van der Waals surface area contributed by atoms with Gasteiger partial charge in [-0.2, -0.15) is 0 Å². The Labute approximate surface area is 146 Å². The number of carbonyl (C=O) groups excluding carboxylic acids is 1. The smallest absolute Gasteiger partial charge is 0.223 e. The average molecular weight is 381 g/mol. The van der Waals surface area contributed by atoms with E-state index in [1.165, 1.54) is 0 Å². The number of aliphatic imine (C=N–C) groups is 1. The van der Waals surface area contributed by atoms with Crippen molar-refractivity contribution in [2.45, 2.75) is 39.7 Å². The zero-order valence-corrected chi connectivity index (χ0v) is 15.4. The van der Waals surface area contributed by atoms with Crippen LogP contribution in [0.3, 0.4) is 0 Å². The maximum absolute atomic E-state index is 12.1. The number of halogens is 1. The van der Waals surface area contributed by atoms with Crippen molar-refractivity contribution in [2.24, 2.45) is 16.6 Å². The van der Waals surface area contributed by atoms with Crippen LogP contribution < -0.4 is 11.1 Å². The van der Waals surface area contributed by atoms with E-state index < -0.39 is 0 Å². The van der Waals surface area contributed by atoms with Gasteiger partial charge in [0.2, 0.25) is 5.91 Å². The minimum absolute atomic E-state index is 0.115. The molecule has 1 atom stereocenters. The largest absolute Gasteiger partial charge is 0.369 e. The number of guanidine groups is 1. The first-order chi connectivity index (χ1) is 11.0. The van der Waals surface area contributed by atoms with Crippen molar-refractivity contribution in [1.82, 2.24) is 10.2 Å². The van der Waals surface area contributed by atoms with Crippen LogP contribution in [0.15, 0.2) is 27.7 Å². The molecule has 0 fully saturated rings. The van der Waals surface area contributed by atoms with Gasteiger partial charge in [0.15, 0.2) is 5.96 Å². The van der Waals surface area contributed by atoms with E-state index in [0.29, 0.717) is 25.6 Å². The topological polar surface area (TPSA) is 70.7 Å². The van der Waals surface area contributed by atoms with Crippen LogP contribution >= 0.6 is 15.9 Å². The van der Waals surface area contributed by atoms with Crippen molar-refractivity contribution in [3.63, 3.8) is 0 Å². The minimum atomic E-state index is 0.115. The van der Waals surface area contributed by atoms with Gasteiger partial charge in [-0.15, -0.1) is 0 Å². The number of rotatable bonds is 7. The Bertz CT molecular complexity index is 588. The monoisotopic (exact) mass is 380 g/mol. The predicted molar refractivity (Wildman–Crippen MR) is 97.5 cm³/mol. The van der Waals surface area contributed by atoms with Crippen LogP contribution in [0, 0.1) is 5.92 Å². The number of nitrogens with zero attached hydrogens (tertiary/aromatic N) is 2. The van der Waals surface area contributed by atoms with Crippen LogP contribution in [-0.2, 0) is 11.3 Å². The summed E-state index contributed by atoms with van der Waals surface area (Å²) in [4.78, 5) is 18.6. The van der Waals surface area contributed by atoms with Gasteiger partial charge >= 0.3 is 0 Å². The minimum Gasteiger partial charge on any atom is -0.369 e. The summed E-state index contributed by atoms with van der Waals surface area (Å²) in [7, 11) is 0. The second-order valence-electron chi connectivity index (χ2n) is 5.85. The van der Waals surface area contributed by atoms with Crippen molar-refractivity contribution < 1.29 is 4.79 Å². The highest BCUT2D eigenvalue weighted by Gasteiger charge is 2.19. The number of hydrogen-bond donors (Lipinski definition) is 2. The van der Waals surface area contributed by atoms with Crippen molar-refractivity contribution in [2.75, 3.05) is 13.1 Å². The molecule has 1 aliphatic rings. The van der Waals surface area contributed by atoms with E-state index in [1.54, 1.807) is 0 Å². The molecule has 0 saturated carbocycles. The van der Waals surface area contributed by atoms with Crippen molar-refractivity contribution in [1.29, 1.82) is 0 Å². The third-order valence-electron chi connectivity index (χ3n) is 4.14. The van der Waals surface area contributed by atoms with Crippen LogP contribution in [-0.4, -0.2) is 29.9 Å². The van der Waals surface area contributed by atoms with Gasteiger partial charge in [0.05, 0.1) is 5.69 Å². The van der Waals surface area contributed by atoms with Crippen molar-refractivity contribution >= 4 is 33.5 Å². The number of nitrogens with two attached hydrogens (primary N) is 1. The zero-order valence-electron chi connectivity index (χ0n) is 13.8. The van der Waals surface area contributed by atoms with Gasteiger partial charge in [-0.05, 0) is 36.6 Å². The molecule has 0 bridgehead atoms. The van der Waals surface area contributed by atoms with E-state index in [9.17, 15) is 4.79 Å². The lowest BCUT2D eigenvalue weighted by Gasteiger charge is -2.28. The van der Waals surface area contributed by atoms with Gasteiger partial charge in [-0.1, -0.05) is 36.2 Å². The number of benzene rings is 1. The van der Waals surface area contributed by atoms with Gasteiger partial charge in [0, 0.05) is 30.0 Å². The van der Waals surface area contributed by atoms with Gasteiger partial charge in [0.25, 0.3) is 0 Å². The normalized spacial score (nSPS) is 14.9. The lowest BCUT2D eigenvalue weighted by Crippen LogP contribution is -2.44. The molecule has 1 amide bonds. The Morgan fingerprint density at radius 3 is 2.96 bits per heavy atom. The van der Waals surface area contributed by atoms with E-state index in [0.717, 1.165) is 35.0 Å². The van der Waals surface area contributed by atoms with E-state index in [1.807, 2.05) is 17.0 Å². The second kappa shape index (κ2) is 8.34. The third-order valence-corrected chi connectivity index (χ3v) is 4.64. The average Bonchev–Trinajstić information content (AvgIpc) is 2.53. The first kappa shape index (κ1) is 17.8. The highest BCUT2D eigenvalue weighted by molar-refractivity contribution is 9.10. The van der Waals surface area contributed by atoms with Gasteiger partial charge < -0.3 is 16.0 Å². The van der Waals surface area contributed by atoms with Gasteiger partial charge in [0.1, 0.15) is 0 Å². The molecule has 5 nitrogen and oxygen atoms in total. The van der Waals surface area contributed by atoms with Crippen LogP contribution in [0.2, 0.25) is 0 Å². The summed E-state index contributed by atoms with van der Waals surface area (Å²) in [5.41, 5.74) is 8.09. The summed E-state index contributed by atoms with van der Waals surface area (Å²) in [6, 6.07) is 5.98. The lowest BCUT2D eigenvalue weighted by atomic mass is 10.00. The molecule has 1 aromatic carbocycles. The summed E-state index contributed by atoms with van der Waals surface area (Å²) >= 11 is 3.48. The Kier molecular flexibility index (Phi) is 6.45. The van der Waals surface area contributed by atoms with Gasteiger partial charge in [-0.25, -0.2) is 4.99 Å². The van der Waals surface area contributed by atoms with Crippen LogP contribution in [0.5, 0.6) is 0 Å². The molecule has 1 aliphatic heterocycles. The first-order valence-electron chi connectivity index (χ1n) is 8.20. The lowest BCUT2D eigenvalue weighted by molar-refractivity contribution is -0.125. The van der Waals surface area contributed by atoms with Gasteiger partial charge in [-0.3, -0.25) is 4.79 Å². The molecule has 23 heavy (non-hydrogen) atoms. The molecular weight excluding hydrogens is 356 g/mol. The highest BCUT2D eigenvalue weighted by Crippen LogP contribution is 2.28. The van der Waals surface area contributed by atoms with E-state index in [4.69, 9.17) is 5.73 Å². The van der Waals surface area contributed by atoms with Crippen molar-refractivity contribution in [3.05, 3.63) is 28.2 Å². The molecule has 3 N–H and O–H groups in total. The van der Waals surface area contributed by atoms with E-state index in [-0.39, 0.29) is 11.8 Å². The molecule has 0 radical (unpaired) electrons. The molecule has 0 saturated heterocycles. The molecular formula is C17H25BrN4O. The second-order valence-corrected chi connectivity index (χ2v) is 6.77. The number of nitrogens with one attached hydrogen (secondary N) is 1. The fraction of sp³-hybridized carbons (Fsp3) is 0.529. The van der Waals surface area contributed by atoms with Crippen LogP contribution in [0.25, 0.3) is 0 Å². The Balaban J connectivity index is 1.88. The van der Waals surface area contributed by atoms with Crippen molar-refractivity contribution in [3.8, 4) is 0 Å². The summed E-state index contributed by atoms with van der Waals surface area (Å²) in [6.45, 7) is 6.13. The number of fused-ring (bicyclic) bond motifs is 1. The molecule has 1 heterocycles. The fourth-order valence-electron chi connectivity index (χ4n) is 2.79. The molecule has 0 aromatic heterocycles. The SMILES string of the molecule is CCCC(CC)C(=O)NCCN1Cc2cc(Br)ccc2N=C1N. The predicted octanol–water partition coefficient (Wildman–Crippen LogP) is 3.15. The Morgan fingerprint density at radius 1 is 1.48 bits per heavy atom. The number of hydrogen-bond acceptors (Lipinski definition) is 4. The molecule has 1 aromatic rings. The summed E-state index contributed by atoms with van der Waals surface area (Å²) in [5, 5.41) is 3.02. The standard InChI is InChI=1S/C17H25BrN4O/c1-3-5-12(4-2)16(23)20-8-9-22-11-13-10-14(18)6-7-15(13)21-17(22)19/h6-7,10,12H,3-5,8-9,11H2,1-2H3,(H2,19,21)(H,20,23). The zero-order chi connectivity index (χ0) is 16.8. The number of amides is 1. The summed E-state index contributed by atoms with van der Waals surface area (Å²) < 4.78 is 1.03. The first-order valence-corrected chi connectivity index (χ1v) is 8.99. The van der Waals surface area contributed by atoms with E-state index >= 15 is 0 Å². The number of carbonyl (C=O) groups is 1. The maximum atomic E-state index is 12.1. The third kappa shape index (κ3) is 4.70. The fourth-order valence-corrected chi connectivity index (χ4v) is 3.20. The molecule has 0 spiro atoms. The van der Waals surface area contributed by atoms with E-state index in [2.05, 4.69) is 46.2 Å². The molecule has 126 valence electrons. The molecule has 0 aliphatic carbocycles. The Hall–Kier alpha value is -1.56. The molecule has 1 unspecified atom stereocenters. The molecule has 2 rings (SSSR count). The maximum Gasteiger partial charge on any atom is 0.223 e. The van der Waals surface area contributed by atoms with Crippen LogP contribution in [0.1, 0.15) is 38.7 Å². The van der Waals surface area contributed by atoms with Crippen LogP contribution in [0.4, 0.5) is 5.69 Å². The Morgan fingerprint density at radius 2 is 2.26 bits per heavy atom. The summed E-state index contributed by atoms with van der Waals surface area (Å²) in [5.74, 6) is 0.767. The quantitative estimate of drug-likeness (QED) is 0.762. The summed E-state index contributed by atoms with van der Waals surface area (Å²) in [6.07, 6.45) is 2.86.